The lowest BCUT2D eigenvalue weighted by atomic mass is 10.2. The van der Waals surface area contributed by atoms with Crippen molar-refractivity contribution in [2.24, 2.45) is 0 Å². The molecule has 1 heterocycles. The second-order valence-electron chi connectivity index (χ2n) is 5.20. The van der Waals surface area contributed by atoms with Crippen LogP contribution < -0.4 is 0 Å². The summed E-state index contributed by atoms with van der Waals surface area (Å²) in [5, 5.41) is 4.65. The third kappa shape index (κ3) is 2.34. The summed E-state index contributed by atoms with van der Waals surface area (Å²) in [6.07, 6.45) is 0.909. The van der Waals surface area contributed by atoms with Crippen molar-refractivity contribution in [2.45, 2.75) is 33.3 Å². The number of hydrogen-bond acceptors (Lipinski definition) is 3. The molecule has 0 atom stereocenters. The zero-order valence-corrected chi connectivity index (χ0v) is 10.8. The minimum atomic E-state index is -0.613. The summed E-state index contributed by atoms with van der Waals surface area (Å²) in [6.45, 7) is 6.96. The predicted molar refractivity (Wildman–Crippen MR) is 66.1 cm³/mol. The first-order valence-electron chi connectivity index (χ1n) is 5.65. The van der Waals surface area contributed by atoms with Gasteiger partial charge in [0, 0.05) is 11.5 Å². The van der Waals surface area contributed by atoms with Crippen LogP contribution in [-0.4, -0.2) is 21.5 Å². The molecule has 5 heteroatoms. The Labute approximate surface area is 104 Å². The first-order valence-corrected chi connectivity index (χ1v) is 5.65. The molecular weight excluding hydrogens is 235 g/mol. The van der Waals surface area contributed by atoms with Crippen molar-refractivity contribution >= 4 is 17.0 Å². The molecular formula is C13H15FN2O2. The van der Waals surface area contributed by atoms with Gasteiger partial charge in [-0.25, -0.2) is 9.18 Å². The summed E-state index contributed by atoms with van der Waals surface area (Å²) in [4.78, 5) is 11.9. The lowest BCUT2D eigenvalue weighted by molar-refractivity contribution is 0.0522. The van der Waals surface area contributed by atoms with Gasteiger partial charge in [0.1, 0.15) is 11.4 Å². The molecule has 4 nitrogen and oxygen atoms in total. The Hall–Kier alpha value is -1.91. The largest absolute Gasteiger partial charge is 0.442 e. The highest BCUT2D eigenvalue weighted by Crippen LogP contribution is 2.19. The molecule has 0 aliphatic heterocycles. The van der Waals surface area contributed by atoms with Crippen molar-refractivity contribution in [3.63, 3.8) is 0 Å². The van der Waals surface area contributed by atoms with E-state index in [-0.39, 0.29) is 5.82 Å². The molecule has 0 aliphatic rings. The number of aryl methyl sites for hydroxylation is 1. The van der Waals surface area contributed by atoms with Crippen LogP contribution in [0.2, 0.25) is 0 Å². The second kappa shape index (κ2) is 4.08. The van der Waals surface area contributed by atoms with E-state index in [0.29, 0.717) is 16.5 Å². The number of halogens is 1. The first-order chi connectivity index (χ1) is 8.28. The Balaban J connectivity index is 2.46. The number of carbonyl (C=O) groups is 1. The first kappa shape index (κ1) is 12.5. The summed E-state index contributed by atoms with van der Waals surface area (Å²) in [5.74, 6) is -0.368. The fraction of sp³-hybridized carbons (Fsp3) is 0.385. The molecule has 0 fully saturated rings. The number of rotatable bonds is 0. The third-order valence-corrected chi connectivity index (χ3v) is 2.41. The summed E-state index contributed by atoms with van der Waals surface area (Å²) < 4.78 is 19.8. The fourth-order valence-corrected chi connectivity index (χ4v) is 1.61. The van der Waals surface area contributed by atoms with Gasteiger partial charge in [0.25, 0.3) is 0 Å². The molecule has 2 aromatic rings. The Morgan fingerprint density at radius 1 is 1.39 bits per heavy atom. The number of fused-ring (bicyclic) bond motifs is 1. The number of benzene rings is 1. The average molecular weight is 250 g/mol. The van der Waals surface area contributed by atoms with E-state index >= 15 is 0 Å². The van der Waals surface area contributed by atoms with Gasteiger partial charge in [-0.1, -0.05) is 0 Å². The molecule has 96 valence electrons. The van der Waals surface area contributed by atoms with E-state index in [1.807, 2.05) is 0 Å². The van der Waals surface area contributed by atoms with E-state index in [4.69, 9.17) is 4.74 Å². The molecule has 1 aromatic carbocycles. The summed E-state index contributed by atoms with van der Waals surface area (Å²) >= 11 is 0. The fourth-order valence-electron chi connectivity index (χ4n) is 1.61. The number of carbonyl (C=O) groups excluding carboxylic acids is 1. The maximum Gasteiger partial charge on any atom is 0.435 e. The van der Waals surface area contributed by atoms with Gasteiger partial charge in [0.15, 0.2) is 0 Å². The summed E-state index contributed by atoms with van der Waals surface area (Å²) in [5.41, 5.74) is 0.317. The van der Waals surface area contributed by atoms with Crippen molar-refractivity contribution in [3.8, 4) is 0 Å². The number of ether oxygens (including phenoxy) is 1. The van der Waals surface area contributed by atoms with Crippen molar-refractivity contribution in [3.05, 3.63) is 29.7 Å². The lowest BCUT2D eigenvalue weighted by Gasteiger charge is -2.19. The Morgan fingerprint density at radius 3 is 2.67 bits per heavy atom. The van der Waals surface area contributed by atoms with Gasteiger partial charge in [-0.15, -0.1) is 0 Å². The van der Waals surface area contributed by atoms with Crippen molar-refractivity contribution in [2.75, 3.05) is 0 Å². The molecule has 0 spiro atoms. The lowest BCUT2D eigenvalue weighted by Crippen LogP contribution is -2.27. The molecule has 0 saturated carbocycles. The predicted octanol–water partition coefficient (Wildman–Crippen LogP) is 3.27. The molecule has 0 N–H and O–H groups in total. The maximum atomic E-state index is 13.5. The molecule has 2 rings (SSSR count). The van der Waals surface area contributed by atoms with E-state index in [0.717, 1.165) is 4.68 Å². The average Bonchev–Trinajstić information content (AvgIpc) is 2.59. The smallest absolute Gasteiger partial charge is 0.435 e. The quantitative estimate of drug-likeness (QED) is 0.720. The van der Waals surface area contributed by atoms with Crippen molar-refractivity contribution < 1.29 is 13.9 Å². The zero-order chi connectivity index (χ0) is 13.5. The highest BCUT2D eigenvalue weighted by Gasteiger charge is 2.20. The molecule has 1 aromatic heterocycles. The van der Waals surface area contributed by atoms with Crippen molar-refractivity contribution in [1.29, 1.82) is 0 Å². The van der Waals surface area contributed by atoms with Crippen LogP contribution in [0.3, 0.4) is 0 Å². The number of hydrogen-bond donors (Lipinski definition) is 0. The Bertz CT molecular complexity index is 611. The number of aromatic nitrogens is 2. The van der Waals surface area contributed by atoms with Gasteiger partial charge >= 0.3 is 6.09 Å². The van der Waals surface area contributed by atoms with Crippen molar-refractivity contribution in [1.82, 2.24) is 9.78 Å². The van der Waals surface area contributed by atoms with Crippen LogP contribution in [0.5, 0.6) is 0 Å². The Morgan fingerprint density at radius 2 is 2.06 bits per heavy atom. The molecule has 0 amide bonds. The monoisotopic (exact) mass is 250 g/mol. The van der Waals surface area contributed by atoms with Crippen LogP contribution in [0.4, 0.5) is 9.18 Å². The van der Waals surface area contributed by atoms with Crippen LogP contribution in [-0.2, 0) is 4.74 Å². The highest BCUT2D eigenvalue weighted by atomic mass is 19.1. The molecule has 0 radical (unpaired) electrons. The van der Waals surface area contributed by atoms with Crippen LogP contribution in [0.15, 0.2) is 18.3 Å². The Kier molecular flexibility index (Phi) is 2.84. The molecule has 0 bridgehead atoms. The van der Waals surface area contributed by atoms with E-state index in [2.05, 4.69) is 5.10 Å². The molecule has 0 saturated heterocycles. The second-order valence-corrected chi connectivity index (χ2v) is 5.20. The van der Waals surface area contributed by atoms with E-state index in [9.17, 15) is 9.18 Å². The highest BCUT2D eigenvalue weighted by molar-refractivity contribution is 5.88. The standard InChI is InChI=1S/C13H15FN2O2/c1-8-5-9-7-15-16(11(9)6-10(8)14)12(17)18-13(2,3)4/h5-7H,1-4H3. The maximum absolute atomic E-state index is 13.5. The van der Waals surface area contributed by atoms with Gasteiger partial charge in [0.05, 0.1) is 11.7 Å². The van der Waals surface area contributed by atoms with Crippen LogP contribution in [0.25, 0.3) is 10.9 Å². The van der Waals surface area contributed by atoms with Crippen LogP contribution in [0.1, 0.15) is 26.3 Å². The summed E-state index contributed by atoms with van der Waals surface area (Å²) in [7, 11) is 0. The van der Waals surface area contributed by atoms with Gasteiger partial charge < -0.3 is 4.74 Å². The summed E-state index contributed by atoms with van der Waals surface area (Å²) in [6, 6.07) is 2.94. The van der Waals surface area contributed by atoms with Crippen LogP contribution >= 0.6 is 0 Å². The minimum Gasteiger partial charge on any atom is -0.442 e. The van der Waals surface area contributed by atoms with Gasteiger partial charge in [0.2, 0.25) is 0 Å². The zero-order valence-electron chi connectivity index (χ0n) is 10.8. The van der Waals surface area contributed by atoms with Gasteiger partial charge in [-0.3, -0.25) is 0 Å². The van der Waals surface area contributed by atoms with E-state index in [1.165, 1.54) is 12.3 Å². The normalized spacial score (nSPS) is 11.8. The minimum absolute atomic E-state index is 0.368. The molecule has 18 heavy (non-hydrogen) atoms. The van der Waals surface area contributed by atoms with Gasteiger partial charge in [-0.2, -0.15) is 9.78 Å². The molecule has 0 aliphatic carbocycles. The topological polar surface area (TPSA) is 44.1 Å². The van der Waals surface area contributed by atoms with E-state index in [1.54, 1.807) is 33.8 Å². The molecule has 0 unspecified atom stereocenters. The van der Waals surface area contributed by atoms with Gasteiger partial charge in [-0.05, 0) is 39.3 Å². The van der Waals surface area contributed by atoms with Crippen LogP contribution in [0, 0.1) is 12.7 Å². The third-order valence-electron chi connectivity index (χ3n) is 2.41. The van der Waals surface area contributed by atoms with E-state index < -0.39 is 11.7 Å². The number of nitrogens with zero attached hydrogens (tertiary/aromatic N) is 2. The SMILES string of the molecule is Cc1cc2cnn(C(=O)OC(C)(C)C)c2cc1F.